The normalized spacial score (nSPS) is 28.1. The van der Waals surface area contributed by atoms with Crippen LogP contribution in [-0.4, -0.2) is 30.5 Å². The summed E-state index contributed by atoms with van der Waals surface area (Å²) < 4.78 is 5.37. The first kappa shape index (κ1) is 13.7. The zero-order valence-electron chi connectivity index (χ0n) is 10.7. The van der Waals surface area contributed by atoms with Crippen LogP contribution in [0.1, 0.15) is 25.7 Å². The first-order valence-corrected chi connectivity index (χ1v) is 6.73. The smallest absolute Gasteiger partial charge is 0.0661 e. The van der Waals surface area contributed by atoms with E-state index in [1.807, 2.05) is 24.3 Å². The van der Waals surface area contributed by atoms with Gasteiger partial charge in [-0.2, -0.15) is 0 Å². The Morgan fingerprint density at radius 2 is 2.06 bits per heavy atom. The third kappa shape index (κ3) is 2.97. The molecule has 1 saturated carbocycles. The van der Waals surface area contributed by atoms with Gasteiger partial charge in [0.2, 0.25) is 0 Å². The summed E-state index contributed by atoms with van der Waals surface area (Å²) in [6.07, 6.45) is 4.04. The second-order valence-corrected chi connectivity index (χ2v) is 5.39. The third-order valence-electron chi connectivity index (χ3n) is 3.80. The van der Waals surface area contributed by atoms with Crippen LogP contribution in [0.3, 0.4) is 0 Å². The average Bonchev–Trinajstić information content (AvgIpc) is 2.42. The summed E-state index contributed by atoms with van der Waals surface area (Å²) in [7, 11) is 1.75. The van der Waals surface area contributed by atoms with Gasteiger partial charge >= 0.3 is 0 Å². The fourth-order valence-electron chi connectivity index (χ4n) is 2.55. The Bertz CT molecular complexity index is 389. The van der Waals surface area contributed by atoms with E-state index in [1.54, 1.807) is 7.11 Å². The Labute approximate surface area is 113 Å². The Kier molecular flexibility index (Phi) is 4.49. The molecule has 0 amide bonds. The average molecular weight is 270 g/mol. The van der Waals surface area contributed by atoms with Crippen molar-refractivity contribution < 1.29 is 9.84 Å². The molecule has 0 radical (unpaired) electrons. The van der Waals surface area contributed by atoms with Crippen molar-refractivity contribution in [3.05, 3.63) is 29.3 Å². The molecule has 0 heterocycles. The van der Waals surface area contributed by atoms with Gasteiger partial charge in [-0.05, 0) is 37.8 Å². The molecule has 3 nitrogen and oxygen atoms in total. The number of methoxy groups -OCH3 is 1. The van der Waals surface area contributed by atoms with Crippen LogP contribution in [0.2, 0.25) is 5.02 Å². The SMILES string of the molecule is COC1CCC(CO)(Nc2ccccc2Cl)CC1. The molecule has 2 rings (SSSR count). The summed E-state index contributed by atoms with van der Waals surface area (Å²) in [5.41, 5.74) is 0.629. The molecule has 0 unspecified atom stereocenters. The lowest BCUT2D eigenvalue weighted by molar-refractivity contribution is 0.0411. The molecule has 100 valence electrons. The minimum absolute atomic E-state index is 0.120. The number of hydrogen-bond acceptors (Lipinski definition) is 3. The van der Waals surface area contributed by atoms with Gasteiger partial charge in [-0.15, -0.1) is 0 Å². The molecule has 0 aliphatic heterocycles. The molecule has 1 fully saturated rings. The number of aliphatic hydroxyl groups is 1. The van der Waals surface area contributed by atoms with Gasteiger partial charge in [0, 0.05) is 7.11 Å². The molecule has 0 aromatic heterocycles. The summed E-state index contributed by atoms with van der Waals surface area (Å²) in [4.78, 5) is 0. The predicted octanol–water partition coefficient (Wildman–Crippen LogP) is 3.07. The molecule has 4 heteroatoms. The highest BCUT2D eigenvalue weighted by atomic mass is 35.5. The number of nitrogens with one attached hydrogen (secondary N) is 1. The lowest BCUT2D eigenvalue weighted by Crippen LogP contribution is -2.46. The highest BCUT2D eigenvalue weighted by Gasteiger charge is 2.35. The molecule has 0 bridgehead atoms. The first-order valence-electron chi connectivity index (χ1n) is 6.35. The van der Waals surface area contributed by atoms with Gasteiger partial charge in [0.25, 0.3) is 0 Å². The van der Waals surface area contributed by atoms with Gasteiger partial charge in [-0.1, -0.05) is 23.7 Å². The minimum atomic E-state index is -0.264. The van der Waals surface area contributed by atoms with Crippen LogP contribution >= 0.6 is 11.6 Å². The van der Waals surface area contributed by atoms with Crippen LogP contribution in [-0.2, 0) is 4.74 Å². The van der Waals surface area contributed by atoms with Crippen molar-refractivity contribution in [2.75, 3.05) is 19.0 Å². The third-order valence-corrected chi connectivity index (χ3v) is 4.13. The predicted molar refractivity (Wildman–Crippen MR) is 74.2 cm³/mol. The number of halogens is 1. The van der Waals surface area contributed by atoms with Gasteiger partial charge < -0.3 is 15.2 Å². The van der Waals surface area contributed by atoms with Crippen molar-refractivity contribution in [3.8, 4) is 0 Å². The highest BCUT2D eigenvalue weighted by Crippen LogP contribution is 2.34. The number of anilines is 1. The lowest BCUT2D eigenvalue weighted by atomic mass is 9.80. The molecule has 0 atom stereocenters. The molecule has 1 aliphatic rings. The fourth-order valence-corrected chi connectivity index (χ4v) is 2.73. The van der Waals surface area contributed by atoms with Crippen molar-refractivity contribution in [1.82, 2.24) is 0 Å². The number of para-hydroxylation sites is 1. The van der Waals surface area contributed by atoms with E-state index in [0.29, 0.717) is 11.1 Å². The monoisotopic (exact) mass is 269 g/mol. The number of benzene rings is 1. The standard InChI is InChI=1S/C14H20ClNO2/c1-18-11-6-8-14(10-17,9-7-11)16-13-5-3-2-4-12(13)15/h2-5,11,16-17H,6-10H2,1H3. The maximum absolute atomic E-state index is 9.71. The van der Waals surface area contributed by atoms with Crippen LogP contribution < -0.4 is 5.32 Å². The molecular formula is C14H20ClNO2. The Hall–Kier alpha value is -0.770. The number of ether oxygens (including phenoxy) is 1. The second kappa shape index (κ2) is 5.91. The first-order chi connectivity index (χ1) is 8.69. The summed E-state index contributed by atoms with van der Waals surface area (Å²) >= 11 is 6.15. The van der Waals surface area contributed by atoms with E-state index in [1.165, 1.54) is 0 Å². The van der Waals surface area contributed by atoms with Crippen LogP contribution in [0.25, 0.3) is 0 Å². The number of aliphatic hydroxyl groups excluding tert-OH is 1. The van der Waals surface area contributed by atoms with Crippen molar-refractivity contribution in [2.24, 2.45) is 0 Å². The van der Waals surface area contributed by atoms with Gasteiger partial charge in [-0.3, -0.25) is 0 Å². The summed E-state index contributed by atoms with van der Waals surface area (Å²) in [5, 5.41) is 13.8. The van der Waals surface area contributed by atoms with Gasteiger partial charge in [0.15, 0.2) is 0 Å². The lowest BCUT2D eigenvalue weighted by Gasteiger charge is -2.40. The fraction of sp³-hybridized carbons (Fsp3) is 0.571. The van der Waals surface area contributed by atoms with Crippen molar-refractivity contribution in [3.63, 3.8) is 0 Å². The molecule has 0 saturated heterocycles. The Balaban J connectivity index is 2.08. The molecule has 0 spiro atoms. The van der Waals surface area contributed by atoms with E-state index in [4.69, 9.17) is 16.3 Å². The maximum Gasteiger partial charge on any atom is 0.0661 e. The quantitative estimate of drug-likeness (QED) is 0.883. The van der Waals surface area contributed by atoms with Crippen molar-refractivity contribution >= 4 is 17.3 Å². The summed E-state index contributed by atoms with van der Waals surface area (Å²) in [6, 6.07) is 7.65. The van der Waals surface area contributed by atoms with Gasteiger partial charge in [-0.25, -0.2) is 0 Å². The largest absolute Gasteiger partial charge is 0.394 e. The van der Waals surface area contributed by atoms with E-state index in [-0.39, 0.29) is 12.1 Å². The van der Waals surface area contributed by atoms with E-state index < -0.39 is 0 Å². The molecule has 2 N–H and O–H groups in total. The number of rotatable bonds is 4. The molecule has 1 aliphatic carbocycles. The molecule has 18 heavy (non-hydrogen) atoms. The zero-order valence-corrected chi connectivity index (χ0v) is 11.4. The van der Waals surface area contributed by atoms with Crippen LogP contribution in [0, 0.1) is 0 Å². The van der Waals surface area contributed by atoms with Gasteiger partial charge in [0.1, 0.15) is 0 Å². The van der Waals surface area contributed by atoms with E-state index >= 15 is 0 Å². The Morgan fingerprint density at radius 3 is 2.61 bits per heavy atom. The van der Waals surface area contributed by atoms with E-state index in [9.17, 15) is 5.11 Å². The highest BCUT2D eigenvalue weighted by molar-refractivity contribution is 6.33. The summed E-state index contributed by atoms with van der Waals surface area (Å²) in [6.45, 7) is 0.120. The molecule has 1 aromatic rings. The van der Waals surface area contributed by atoms with Crippen LogP contribution in [0.15, 0.2) is 24.3 Å². The van der Waals surface area contributed by atoms with E-state index in [2.05, 4.69) is 5.32 Å². The zero-order chi connectivity index (χ0) is 13.0. The topological polar surface area (TPSA) is 41.5 Å². The second-order valence-electron chi connectivity index (χ2n) is 4.98. The summed E-state index contributed by atoms with van der Waals surface area (Å²) in [5.74, 6) is 0. The molecule has 1 aromatic carbocycles. The van der Waals surface area contributed by atoms with Crippen LogP contribution in [0.5, 0.6) is 0 Å². The van der Waals surface area contributed by atoms with Gasteiger partial charge in [0.05, 0.1) is 29.0 Å². The molecular weight excluding hydrogens is 250 g/mol. The van der Waals surface area contributed by atoms with E-state index in [0.717, 1.165) is 31.4 Å². The van der Waals surface area contributed by atoms with Crippen LogP contribution in [0.4, 0.5) is 5.69 Å². The Morgan fingerprint density at radius 1 is 1.39 bits per heavy atom. The number of hydrogen-bond donors (Lipinski definition) is 2. The van der Waals surface area contributed by atoms with Crippen molar-refractivity contribution in [1.29, 1.82) is 0 Å². The van der Waals surface area contributed by atoms with Crippen molar-refractivity contribution in [2.45, 2.75) is 37.3 Å². The minimum Gasteiger partial charge on any atom is -0.394 e. The maximum atomic E-state index is 9.71.